The molecule has 1 atom stereocenters. The molecule has 0 heterocycles. The van der Waals surface area contributed by atoms with E-state index in [-0.39, 0.29) is 24.1 Å². The lowest BCUT2D eigenvalue weighted by atomic mass is 10.2. The van der Waals surface area contributed by atoms with Crippen LogP contribution < -0.4 is 10.6 Å². The van der Waals surface area contributed by atoms with Crippen molar-refractivity contribution in [2.24, 2.45) is 0 Å². The van der Waals surface area contributed by atoms with Crippen molar-refractivity contribution in [3.8, 4) is 0 Å². The molecule has 0 aliphatic heterocycles. The van der Waals surface area contributed by atoms with Gasteiger partial charge in [0.15, 0.2) is 6.10 Å². The molecule has 0 radical (unpaired) electrons. The Bertz CT molecular complexity index is 569. The minimum Gasteiger partial charge on any atom is -0.451 e. The van der Waals surface area contributed by atoms with Gasteiger partial charge in [0.05, 0.1) is 0 Å². The number of halogens is 1. The Hall–Kier alpha value is -2.44. The van der Waals surface area contributed by atoms with E-state index in [4.69, 9.17) is 4.74 Å². The van der Waals surface area contributed by atoms with Crippen molar-refractivity contribution < 1.29 is 23.5 Å². The lowest BCUT2D eigenvalue weighted by Gasteiger charge is -2.13. The summed E-state index contributed by atoms with van der Waals surface area (Å²) in [5.74, 6) is -2.03. The number of hydrogen-bond donors (Lipinski definition) is 2. The molecule has 1 fully saturated rings. The number of nitrogens with one attached hydrogen (secondary N) is 2. The van der Waals surface area contributed by atoms with Gasteiger partial charge in [0.2, 0.25) is 0 Å². The van der Waals surface area contributed by atoms with Crippen LogP contribution in [0.1, 0.15) is 30.1 Å². The summed E-state index contributed by atoms with van der Waals surface area (Å²) in [6.07, 6.45) is 0.983. The fourth-order valence-corrected chi connectivity index (χ4v) is 1.69. The Kier molecular flexibility index (Phi) is 5.08. The smallest absolute Gasteiger partial charge is 0.326 e. The molecular formula is C15H17FN2O4. The molecule has 0 spiro atoms. The van der Waals surface area contributed by atoms with Crippen molar-refractivity contribution in [1.29, 1.82) is 0 Å². The molecule has 1 aromatic carbocycles. The number of carbonyl (C=O) groups is 3. The highest BCUT2D eigenvalue weighted by Crippen LogP contribution is 2.18. The van der Waals surface area contributed by atoms with Crippen LogP contribution in [0.25, 0.3) is 0 Å². The van der Waals surface area contributed by atoms with Gasteiger partial charge in [0.1, 0.15) is 12.4 Å². The maximum Gasteiger partial charge on any atom is 0.326 e. The van der Waals surface area contributed by atoms with Gasteiger partial charge in [-0.3, -0.25) is 14.4 Å². The topological polar surface area (TPSA) is 84.5 Å². The summed E-state index contributed by atoms with van der Waals surface area (Å²) in [7, 11) is 0. The summed E-state index contributed by atoms with van der Waals surface area (Å²) in [5.41, 5.74) is 0.230. The van der Waals surface area contributed by atoms with E-state index in [1.165, 1.54) is 19.1 Å². The van der Waals surface area contributed by atoms with Crippen LogP contribution in [0.5, 0.6) is 0 Å². The third-order valence-electron chi connectivity index (χ3n) is 3.10. The quantitative estimate of drug-likeness (QED) is 0.760. The first-order valence-electron chi connectivity index (χ1n) is 6.99. The lowest BCUT2D eigenvalue weighted by molar-refractivity contribution is -0.153. The molecule has 1 aromatic rings. The van der Waals surface area contributed by atoms with E-state index in [2.05, 4.69) is 10.6 Å². The zero-order valence-electron chi connectivity index (χ0n) is 12.1. The number of esters is 1. The van der Waals surface area contributed by atoms with Gasteiger partial charge in [-0.2, -0.15) is 0 Å². The van der Waals surface area contributed by atoms with Crippen molar-refractivity contribution in [2.75, 3.05) is 6.54 Å². The van der Waals surface area contributed by atoms with Gasteiger partial charge in [-0.25, -0.2) is 4.39 Å². The summed E-state index contributed by atoms with van der Waals surface area (Å²) in [6, 6.07) is 5.10. The van der Waals surface area contributed by atoms with E-state index < -0.39 is 23.8 Å². The molecule has 0 unspecified atom stereocenters. The Morgan fingerprint density at radius 2 is 1.91 bits per heavy atom. The Balaban J connectivity index is 1.73. The monoisotopic (exact) mass is 308 g/mol. The van der Waals surface area contributed by atoms with Crippen LogP contribution in [0, 0.1) is 5.82 Å². The number of benzene rings is 1. The average molecular weight is 308 g/mol. The van der Waals surface area contributed by atoms with Crippen molar-refractivity contribution in [1.82, 2.24) is 10.6 Å². The molecule has 0 aromatic heterocycles. The van der Waals surface area contributed by atoms with Crippen molar-refractivity contribution >= 4 is 17.8 Å². The summed E-state index contributed by atoms with van der Waals surface area (Å²) in [6.45, 7) is 1.11. The number of rotatable bonds is 6. The van der Waals surface area contributed by atoms with Crippen LogP contribution in [-0.2, 0) is 14.3 Å². The molecule has 1 saturated carbocycles. The second-order valence-electron chi connectivity index (χ2n) is 5.10. The van der Waals surface area contributed by atoms with Crippen molar-refractivity contribution in [3.05, 3.63) is 35.6 Å². The van der Waals surface area contributed by atoms with E-state index in [1.807, 2.05) is 0 Å². The first-order chi connectivity index (χ1) is 10.5. The molecule has 0 saturated heterocycles. The number of amides is 2. The van der Waals surface area contributed by atoms with Gasteiger partial charge in [0, 0.05) is 11.6 Å². The van der Waals surface area contributed by atoms with Crippen LogP contribution >= 0.6 is 0 Å². The third-order valence-corrected chi connectivity index (χ3v) is 3.10. The summed E-state index contributed by atoms with van der Waals surface area (Å²) in [5, 5.41) is 5.06. The van der Waals surface area contributed by atoms with E-state index in [0.29, 0.717) is 0 Å². The minimum atomic E-state index is -0.907. The van der Waals surface area contributed by atoms with Gasteiger partial charge in [0.25, 0.3) is 11.8 Å². The number of hydrogen-bond acceptors (Lipinski definition) is 4. The van der Waals surface area contributed by atoms with E-state index in [1.54, 1.807) is 0 Å². The largest absolute Gasteiger partial charge is 0.451 e. The molecule has 1 aliphatic rings. The summed E-state index contributed by atoms with van der Waals surface area (Å²) >= 11 is 0. The number of carbonyl (C=O) groups excluding carboxylic acids is 3. The molecule has 118 valence electrons. The molecular weight excluding hydrogens is 291 g/mol. The molecule has 7 heteroatoms. The molecule has 2 amide bonds. The highest BCUT2D eigenvalue weighted by Gasteiger charge is 2.27. The average Bonchev–Trinajstić information content (AvgIpc) is 3.29. The summed E-state index contributed by atoms with van der Waals surface area (Å²) < 4.78 is 17.7. The molecule has 6 nitrogen and oxygen atoms in total. The standard InChI is InChI=1S/C15H17FN2O4/c1-9(14(20)18-12-6-7-12)22-13(19)8-17-15(21)10-2-4-11(16)5-3-10/h2-5,9,12H,6-8H2,1H3,(H,17,21)(H,18,20)/t9-/m1/s1. The number of ether oxygens (including phenoxy) is 1. The van der Waals surface area contributed by atoms with Crippen LogP contribution in [0.15, 0.2) is 24.3 Å². The maximum absolute atomic E-state index is 12.7. The van der Waals surface area contributed by atoms with E-state index in [9.17, 15) is 18.8 Å². The predicted molar refractivity (Wildman–Crippen MR) is 75.5 cm³/mol. The summed E-state index contributed by atoms with van der Waals surface area (Å²) in [4.78, 5) is 34.9. The zero-order valence-corrected chi connectivity index (χ0v) is 12.1. The SMILES string of the molecule is C[C@@H](OC(=O)CNC(=O)c1ccc(F)cc1)C(=O)NC1CC1. The molecule has 0 bridgehead atoms. The highest BCUT2D eigenvalue weighted by atomic mass is 19.1. The Labute approximate surface area is 127 Å². The molecule has 2 rings (SSSR count). The van der Waals surface area contributed by atoms with Gasteiger partial charge in [-0.1, -0.05) is 0 Å². The molecule has 22 heavy (non-hydrogen) atoms. The zero-order chi connectivity index (χ0) is 16.1. The first kappa shape index (κ1) is 15.9. The van der Waals surface area contributed by atoms with E-state index in [0.717, 1.165) is 25.0 Å². The Morgan fingerprint density at radius 1 is 1.27 bits per heavy atom. The lowest BCUT2D eigenvalue weighted by Crippen LogP contribution is -2.39. The Morgan fingerprint density at radius 3 is 2.50 bits per heavy atom. The second-order valence-corrected chi connectivity index (χ2v) is 5.10. The predicted octanol–water partition coefficient (Wildman–Crippen LogP) is 0.766. The van der Waals surface area contributed by atoms with Crippen molar-refractivity contribution in [3.63, 3.8) is 0 Å². The van der Waals surface area contributed by atoms with Gasteiger partial charge in [-0.05, 0) is 44.0 Å². The molecule has 2 N–H and O–H groups in total. The van der Waals surface area contributed by atoms with Gasteiger partial charge >= 0.3 is 5.97 Å². The van der Waals surface area contributed by atoms with E-state index >= 15 is 0 Å². The van der Waals surface area contributed by atoms with Crippen LogP contribution in [0.4, 0.5) is 4.39 Å². The molecule has 1 aliphatic carbocycles. The second kappa shape index (κ2) is 7.02. The minimum absolute atomic E-state index is 0.187. The maximum atomic E-state index is 12.7. The fraction of sp³-hybridized carbons (Fsp3) is 0.400. The van der Waals surface area contributed by atoms with Crippen LogP contribution in [0.2, 0.25) is 0 Å². The normalized spacial score (nSPS) is 14.8. The van der Waals surface area contributed by atoms with Gasteiger partial charge < -0.3 is 15.4 Å². The van der Waals surface area contributed by atoms with Gasteiger partial charge in [-0.15, -0.1) is 0 Å². The van der Waals surface area contributed by atoms with Crippen LogP contribution in [0.3, 0.4) is 0 Å². The fourth-order valence-electron chi connectivity index (χ4n) is 1.69. The first-order valence-corrected chi connectivity index (χ1v) is 6.99. The third kappa shape index (κ3) is 4.83. The highest BCUT2D eigenvalue weighted by molar-refractivity contribution is 5.96. The van der Waals surface area contributed by atoms with Crippen molar-refractivity contribution in [2.45, 2.75) is 31.9 Å². The van der Waals surface area contributed by atoms with Crippen LogP contribution in [-0.4, -0.2) is 36.5 Å².